The Labute approximate surface area is 125 Å². The van der Waals surface area contributed by atoms with Gasteiger partial charge < -0.3 is 15.2 Å². The van der Waals surface area contributed by atoms with Gasteiger partial charge >= 0.3 is 0 Å². The van der Waals surface area contributed by atoms with Gasteiger partial charge in [-0.3, -0.25) is 9.69 Å². The standard InChI is InChI=1S/C16H24N2O3/c1-21-8-7-16(20)17-15-11-18(10-14(15)12-19)9-13-5-3-2-4-6-13/h2-6,14-15,19H,7-12H2,1H3,(H,17,20)/t14-,15+/m0/s1. The SMILES string of the molecule is COCCC(=O)N[C@@H]1CN(Cc2ccccc2)C[C@H]1CO. The molecule has 5 heteroatoms. The van der Waals surface area contributed by atoms with Crippen molar-refractivity contribution >= 4 is 5.91 Å². The molecule has 2 atom stereocenters. The van der Waals surface area contributed by atoms with Crippen LogP contribution in [0, 0.1) is 5.92 Å². The van der Waals surface area contributed by atoms with E-state index in [0.29, 0.717) is 13.0 Å². The van der Waals surface area contributed by atoms with Crippen molar-refractivity contribution in [2.75, 3.05) is 33.4 Å². The van der Waals surface area contributed by atoms with E-state index in [-0.39, 0.29) is 24.5 Å². The molecule has 1 aliphatic rings. The molecule has 1 aromatic rings. The second-order valence-electron chi connectivity index (χ2n) is 5.54. The van der Waals surface area contributed by atoms with Crippen LogP contribution in [0.5, 0.6) is 0 Å². The van der Waals surface area contributed by atoms with Gasteiger partial charge in [-0.2, -0.15) is 0 Å². The van der Waals surface area contributed by atoms with Crippen molar-refractivity contribution in [3.63, 3.8) is 0 Å². The van der Waals surface area contributed by atoms with Crippen LogP contribution in [0.3, 0.4) is 0 Å². The third kappa shape index (κ3) is 4.81. The lowest BCUT2D eigenvalue weighted by Crippen LogP contribution is -2.41. The number of aliphatic hydroxyl groups excluding tert-OH is 1. The van der Waals surface area contributed by atoms with Crippen LogP contribution in [0.2, 0.25) is 0 Å². The molecule has 1 fully saturated rings. The van der Waals surface area contributed by atoms with Gasteiger partial charge in [0.15, 0.2) is 0 Å². The Morgan fingerprint density at radius 1 is 1.38 bits per heavy atom. The van der Waals surface area contributed by atoms with Crippen molar-refractivity contribution in [2.45, 2.75) is 19.0 Å². The number of aliphatic hydroxyl groups is 1. The summed E-state index contributed by atoms with van der Waals surface area (Å²) in [5.74, 6) is 0.0852. The number of nitrogens with one attached hydrogen (secondary N) is 1. The number of hydrogen-bond donors (Lipinski definition) is 2. The Kier molecular flexibility index (Phi) is 6.17. The molecule has 0 unspecified atom stereocenters. The number of carbonyl (C=O) groups excluding carboxylic acids is 1. The average molecular weight is 292 g/mol. The summed E-state index contributed by atoms with van der Waals surface area (Å²) in [6.45, 7) is 2.96. The minimum Gasteiger partial charge on any atom is -0.396 e. The first-order valence-corrected chi connectivity index (χ1v) is 7.38. The van der Waals surface area contributed by atoms with Gasteiger partial charge in [0, 0.05) is 51.7 Å². The zero-order valence-electron chi connectivity index (χ0n) is 12.5. The Morgan fingerprint density at radius 3 is 2.81 bits per heavy atom. The van der Waals surface area contributed by atoms with E-state index < -0.39 is 0 Å². The predicted molar refractivity (Wildman–Crippen MR) is 80.7 cm³/mol. The number of ether oxygens (including phenoxy) is 1. The van der Waals surface area contributed by atoms with E-state index in [1.807, 2.05) is 18.2 Å². The van der Waals surface area contributed by atoms with Gasteiger partial charge in [-0.25, -0.2) is 0 Å². The van der Waals surface area contributed by atoms with Crippen LogP contribution < -0.4 is 5.32 Å². The van der Waals surface area contributed by atoms with E-state index in [0.717, 1.165) is 19.6 Å². The first-order valence-electron chi connectivity index (χ1n) is 7.38. The Balaban J connectivity index is 1.86. The molecule has 21 heavy (non-hydrogen) atoms. The fraction of sp³-hybridized carbons (Fsp3) is 0.562. The summed E-state index contributed by atoms with van der Waals surface area (Å²) in [6.07, 6.45) is 0.365. The van der Waals surface area contributed by atoms with Crippen molar-refractivity contribution in [1.29, 1.82) is 0 Å². The molecule has 5 nitrogen and oxygen atoms in total. The van der Waals surface area contributed by atoms with Crippen LogP contribution >= 0.6 is 0 Å². The number of benzene rings is 1. The molecule has 0 radical (unpaired) electrons. The van der Waals surface area contributed by atoms with Crippen LogP contribution in [-0.2, 0) is 16.1 Å². The number of amides is 1. The quantitative estimate of drug-likeness (QED) is 0.774. The molecule has 0 saturated carbocycles. The second-order valence-corrected chi connectivity index (χ2v) is 5.54. The summed E-state index contributed by atoms with van der Waals surface area (Å²) in [7, 11) is 1.58. The number of hydrogen-bond acceptors (Lipinski definition) is 4. The van der Waals surface area contributed by atoms with Crippen LogP contribution in [0.15, 0.2) is 30.3 Å². The van der Waals surface area contributed by atoms with Crippen molar-refractivity contribution in [3.05, 3.63) is 35.9 Å². The summed E-state index contributed by atoms with van der Waals surface area (Å²) < 4.78 is 4.91. The molecule has 1 amide bonds. The summed E-state index contributed by atoms with van der Waals surface area (Å²) >= 11 is 0. The average Bonchev–Trinajstić information content (AvgIpc) is 2.87. The molecule has 2 N–H and O–H groups in total. The van der Waals surface area contributed by atoms with Crippen LogP contribution in [-0.4, -0.2) is 55.4 Å². The smallest absolute Gasteiger partial charge is 0.222 e. The third-order valence-electron chi connectivity index (χ3n) is 3.88. The number of rotatable bonds is 7. The van der Waals surface area contributed by atoms with Crippen LogP contribution in [0.1, 0.15) is 12.0 Å². The highest BCUT2D eigenvalue weighted by molar-refractivity contribution is 5.76. The van der Waals surface area contributed by atoms with Crippen molar-refractivity contribution < 1.29 is 14.6 Å². The fourth-order valence-electron chi connectivity index (χ4n) is 2.75. The molecule has 0 aromatic heterocycles. The second kappa shape index (κ2) is 8.12. The van der Waals surface area contributed by atoms with Gasteiger partial charge in [0.05, 0.1) is 6.61 Å². The van der Waals surface area contributed by atoms with E-state index in [1.165, 1.54) is 5.56 Å². The topological polar surface area (TPSA) is 61.8 Å². The number of methoxy groups -OCH3 is 1. The lowest BCUT2D eigenvalue weighted by Gasteiger charge is -2.18. The molecular weight excluding hydrogens is 268 g/mol. The highest BCUT2D eigenvalue weighted by Crippen LogP contribution is 2.19. The van der Waals surface area contributed by atoms with E-state index in [1.54, 1.807) is 7.11 Å². The molecule has 0 spiro atoms. The van der Waals surface area contributed by atoms with E-state index in [2.05, 4.69) is 22.3 Å². The predicted octanol–water partition coefficient (Wildman–Crippen LogP) is 0.632. The Morgan fingerprint density at radius 2 is 2.14 bits per heavy atom. The van der Waals surface area contributed by atoms with Crippen LogP contribution in [0.4, 0.5) is 0 Å². The minimum absolute atomic E-state index is 0.0122. The number of likely N-dealkylation sites (tertiary alicyclic amines) is 1. The molecule has 116 valence electrons. The van der Waals surface area contributed by atoms with Gasteiger partial charge in [0.2, 0.25) is 5.91 Å². The number of nitrogens with zero attached hydrogens (tertiary/aromatic N) is 1. The lowest BCUT2D eigenvalue weighted by molar-refractivity contribution is -0.122. The monoisotopic (exact) mass is 292 g/mol. The molecule has 1 aliphatic heterocycles. The molecule has 2 rings (SSSR count). The van der Waals surface area contributed by atoms with E-state index in [9.17, 15) is 9.90 Å². The van der Waals surface area contributed by atoms with E-state index in [4.69, 9.17) is 4.74 Å². The minimum atomic E-state index is -0.0122. The largest absolute Gasteiger partial charge is 0.396 e. The fourth-order valence-corrected chi connectivity index (χ4v) is 2.75. The van der Waals surface area contributed by atoms with Crippen LogP contribution in [0.25, 0.3) is 0 Å². The van der Waals surface area contributed by atoms with Gasteiger partial charge in [-0.1, -0.05) is 30.3 Å². The van der Waals surface area contributed by atoms with E-state index >= 15 is 0 Å². The van der Waals surface area contributed by atoms with Crippen molar-refractivity contribution in [2.24, 2.45) is 5.92 Å². The third-order valence-corrected chi connectivity index (χ3v) is 3.88. The normalized spacial score (nSPS) is 22.4. The summed E-state index contributed by atoms with van der Waals surface area (Å²) in [6, 6.07) is 10.3. The first-order chi connectivity index (χ1) is 10.2. The molecule has 0 bridgehead atoms. The highest BCUT2D eigenvalue weighted by atomic mass is 16.5. The highest BCUT2D eigenvalue weighted by Gasteiger charge is 2.33. The van der Waals surface area contributed by atoms with Gasteiger partial charge in [0.1, 0.15) is 0 Å². The van der Waals surface area contributed by atoms with Crippen molar-refractivity contribution in [1.82, 2.24) is 10.2 Å². The maximum absolute atomic E-state index is 11.8. The summed E-state index contributed by atoms with van der Waals surface area (Å²) in [5, 5.41) is 12.5. The molecular formula is C16H24N2O3. The molecule has 1 aromatic carbocycles. The zero-order chi connectivity index (χ0) is 15.1. The molecule has 1 heterocycles. The van der Waals surface area contributed by atoms with Crippen molar-refractivity contribution in [3.8, 4) is 0 Å². The maximum atomic E-state index is 11.8. The Hall–Kier alpha value is -1.43. The maximum Gasteiger partial charge on any atom is 0.222 e. The lowest BCUT2D eigenvalue weighted by atomic mass is 10.1. The molecule has 1 saturated heterocycles. The van der Waals surface area contributed by atoms with Gasteiger partial charge in [-0.05, 0) is 5.56 Å². The van der Waals surface area contributed by atoms with Gasteiger partial charge in [0.25, 0.3) is 0 Å². The zero-order valence-corrected chi connectivity index (χ0v) is 12.5. The Bertz CT molecular complexity index is 438. The first kappa shape index (κ1) is 15.9. The number of carbonyl (C=O) groups is 1. The molecule has 0 aliphatic carbocycles. The summed E-state index contributed by atoms with van der Waals surface area (Å²) in [4.78, 5) is 14.1. The van der Waals surface area contributed by atoms with Gasteiger partial charge in [-0.15, -0.1) is 0 Å². The summed E-state index contributed by atoms with van der Waals surface area (Å²) in [5.41, 5.74) is 1.25.